The zero-order valence-corrected chi connectivity index (χ0v) is 19.4. The van der Waals surface area contributed by atoms with Crippen LogP contribution in [0.3, 0.4) is 0 Å². The fourth-order valence-electron chi connectivity index (χ4n) is 4.88. The van der Waals surface area contributed by atoms with Gasteiger partial charge in [0.1, 0.15) is 0 Å². The zero-order chi connectivity index (χ0) is 23.9. The van der Waals surface area contributed by atoms with Crippen LogP contribution in [0.25, 0.3) is 61.5 Å². The van der Waals surface area contributed by atoms with Gasteiger partial charge in [-0.05, 0) is 53.6 Å². The molecular formula is C32H21N3O. The fourth-order valence-corrected chi connectivity index (χ4v) is 4.88. The maximum Gasteiger partial charge on any atom is 0.258 e. The highest BCUT2D eigenvalue weighted by Crippen LogP contribution is 2.33. The van der Waals surface area contributed by atoms with E-state index in [4.69, 9.17) is 9.51 Å². The van der Waals surface area contributed by atoms with Crippen molar-refractivity contribution in [2.45, 2.75) is 0 Å². The van der Waals surface area contributed by atoms with E-state index >= 15 is 0 Å². The van der Waals surface area contributed by atoms with Gasteiger partial charge in [0.15, 0.2) is 0 Å². The van der Waals surface area contributed by atoms with Crippen molar-refractivity contribution >= 4 is 21.8 Å². The molecule has 0 N–H and O–H groups in total. The molecule has 2 aromatic heterocycles. The van der Waals surface area contributed by atoms with Crippen LogP contribution in [0.5, 0.6) is 0 Å². The number of rotatable bonds is 4. The Morgan fingerprint density at radius 1 is 0.500 bits per heavy atom. The van der Waals surface area contributed by atoms with E-state index in [1.807, 2.05) is 42.5 Å². The summed E-state index contributed by atoms with van der Waals surface area (Å²) >= 11 is 0. The van der Waals surface area contributed by atoms with E-state index in [1.54, 1.807) is 0 Å². The van der Waals surface area contributed by atoms with Crippen molar-refractivity contribution in [1.82, 2.24) is 14.7 Å². The molecule has 0 aliphatic carbocycles. The van der Waals surface area contributed by atoms with Gasteiger partial charge < -0.3 is 9.09 Å². The molecule has 0 saturated heterocycles. The van der Waals surface area contributed by atoms with Crippen LogP contribution in [0.2, 0.25) is 0 Å². The molecule has 0 unspecified atom stereocenters. The molecule has 0 fully saturated rings. The van der Waals surface area contributed by atoms with Crippen molar-refractivity contribution < 1.29 is 4.52 Å². The first kappa shape index (κ1) is 20.4. The molecule has 0 amide bonds. The van der Waals surface area contributed by atoms with Gasteiger partial charge in [-0.3, -0.25) is 0 Å². The van der Waals surface area contributed by atoms with Crippen LogP contribution in [-0.2, 0) is 0 Å². The van der Waals surface area contributed by atoms with Gasteiger partial charge in [0.05, 0.1) is 11.0 Å². The minimum Gasteiger partial charge on any atom is -0.334 e. The van der Waals surface area contributed by atoms with Crippen molar-refractivity contribution in [2.75, 3.05) is 0 Å². The van der Waals surface area contributed by atoms with E-state index in [-0.39, 0.29) is 0 Å². The lowest BCUT2D eigenvalue weighted by molar-refractivity contribution is 0.432. The summed E-state index contributed by atoms with van der Waals surface area (Å²) in [6, 6.07) is 43.8. The molecule has 5 aromatic carbocycles. The Hall–Kier alpha value is -4.96. The molecule has 170 valence electrons. The van der Waals surface area contributed by atoms with Gasteiger partial charge in [0.25, 0.3) is 5.89 Å². The van der Waals surface area contributed by atoms with Gasteiger partial charge >= 0.3 is 0 Å². The number of nitrogens with zero attached hydrogens (tertiary/aromatic N) is 3. The molecule has 36 heavy (non-hydrogen) atoms. The van der Waals surface area contributed by atoms with Gasteiger partial charge in [0, 0.05) is 27.6 Å². The van der Waals surface area contributed by atoms with E-state index < -0.39 is 0 Å². The summed E-state index contributed by atoms with van der Waals surface area (Å²) in [5.41, 5.74) is 7.55. The SMILES string of the molecule is c1ccc(-c2cccc(-c3noc(-c4ccc(-n5c6ccccc6c6ccccc65)cc4)n3)c2)cc1. The lowest BCUT2D eigenvalue weighted by Crippen LogP contribution is -1.93. The molecule has 0 saturated carbocycles. The minimum absolute atomic E-state index is 0.504. The summed E-state index contributed by atoms with van der Waals surface area (Å²) in [5, 5.41) is 6.75. The first-order chi connectivity index (χ1) is 17.8. The maximum atomic E-state index is 5.65. The second-order valence-electron chi connectivity index (χ2n) is 8.79. The Balaban J connectivity index is 1.24. The number of aromatic nitrogens is 3. The summed E-state index contributed by atoms with van der Waals surface area (Å²) < 4.78 is 7.95. The molecule has 0 radical (unpaired) electrons. The van der Waals surface area contributed by atoms with Crippen molar-refractivity contribution in [3.63, 3.8) is 0 Å². The van der Waals surface area contributed by atoms with Crippen LogP contribution in [-0.4, -0.2) is 14.7 Å². The normalized spacial score (nSPS) is 11.3. The van der Waals surface area contributed by atoms with Gasteiger partial charge in [-0.2, -0.15) is 4.98 Å². The minimum atomic E-state index is 0.504. The first-order valence-electron chi connectivity index (χ1n) is 11.9. The monoisotopic (exact) mass is 463 g/mol. The molecule has 7 aromatic rings. The number of benzene rings is 5. The molecule has 4 heteroatoms. The van der Waals surface area contributed by atoms with Gasteiger partial charge in [-0.25, -0.2) is 0 Å². The van der Waals surface area contributed by atoms with E-state index in [1.165, 1.54) is 21.8 Å². The average molecular weight is 464 g/mol. The fraction of sp³-hybridized carbons (Fsp3) is 0. The van der Waals surface area contributed by atoms with E-state index in [9.17, 15) is 0 Å². The number of hydrogen-bond acceptors (Lipinski definition) is 3. The molecule has 4 nitrogen and oxygen atoms in total. The molecule has 7 rings (SSSR count). The average Bonchev–Trinajstić information content (AvgIpc) is 3.58. The molecule has 0 spiro atoms. The van der Waals surface area contributed by atoms with Gasteiger partial charge in [-0.1, -0.05) is 90.1 Å². The highest BCUT2D eigenvalue weighted by atomic mass is 16.5. The van der Waals surface area contributed by atoms with Crippen LogP contribution in [0.4, 0.5) is 0 Å². The molecular weight excluding hydrogens is 442 g/mol. The maximum absolute atomic E-state index is 5.65. The van der Waals surface area contributed by atoms with Crippen LogP contribution >= 0.6 is 0 Å². The van der Waals surface area contributed by atoms with Gasteiger partial charge in [-0.15, -0.1) is 0 Å². The van der Waals surface area contributed by atoms with Crippen molar-refractivity contribution in [3.8, 4) is 39.7 Å². The third-order valence-electron chi connectivity index (χ3n) is 6.61. The standard InChI is InChI=1S/C32H21N3O/c1-2-9-22(10-3-1)24-11-8-12-25(21-24)31-33-32(36-34-31)23-17-19-26(20-18-23)35-29-15-6-4-13-27(29)28-14-5-7-16-30(28)35/h1-21H. The lowest BCUT2D eigenvalue weighted by atomic mass is 10.0. The van der Waals surface area contributed by atoms with E-state index in [0.29, 0.717) is 11.7 Å². The first-order valence-corrected chi connectivity index (χ1v) is 11.9. The molecule has 0 aliphatic heterocycles. The highest BCUT2D eigenvalue weighted by Gasteiger charge is 2.14. The summed E-state index contributed by atoms with van der Waals surface area (Å²) in [5.74, 6) is 1.08. The van der Waals surface area contributed by atoms with Crippen LogP contribution in [0, 0.1) is 0 Å². The Bertz CT molecular complexity index is 1780. The van der Waals surface area contributed by atoms with E-state index in [2.05, 4.69) is 94.7 Å². The summed E-state index contributed by atoms with van der Waals surface area (Å²) in [6.45, 7) is 0. The lowest BCUT2D eigenvalue weighted by Gasteiger charge is -2.08. The Morgan fingerprint density at radius 2 is 1.11 bits per heavy atom. The molecule has 0 atom stereocenters. The van der Waals surface area contributed by atoms with Crippen LogP contribution in [0.15, 0.2) is 132 Å². The third-order valence-corrected chi connectivity index (χ3v) is 6.61. The van der Waals surface area contributed by atoms with Crippen molar-refractivity contribution in [2.24, 2.45) is 0 Å². The summed E-state index contributed by atoms with van der Waals surface area (Å²) in [4.78, 5) is 4.69. The predicted octanol–water partition coefficient (Wildman–Crippen LogP) is 8.17. The second-order valence-corrected chi connectivity index (χ2v) is 8.79. The highest BCUT2D eigenvalue weighted by molar-refractivity contribution is 6.09. The number of hydrogen-bond donors (Lipinski definition) is 0. The number of fused-ring (bicyclic) bond motifs is 3. The predicted molar refractivity (Wildman–Crippen MR) is 145 cm³/mol. The smallest absolute Gasteiger partial charge is 0.258 e. The van der Waals surface area contributed by atoms with Crippen LogP contribution in [0.1, 0.15) is 0 Å². The van der Waals surface area contributed by atoms with Crippen LogP contribution < -0.4 is 0 Å². The third kappa shape index (κ3) is 3.39. The van der Waals surface area contributed by atoms with E-state index in [0.717, 1.165) is 27.9 Å². The quantitative estimate of drug-likeness (QED) is 0.264. The molecule has 0 aliphatic rings. The van der Waals surface area contributed by atoms with Crippen molar-refractivity contribution in [1.29, 1.82) is 0 Å². The van der Waals surface area contributed by atoms with Crippen molar-refractivity contribution in [3.05, 3.63) is 127 Å². The number of para-hydroxylation sites is 2. The Kier molecular flexibility index (Phi) is 4.74. The molecule has 0 bridgehead atoms. The Labute approximate surface area is 208 Å². The Morgan fingerprint density at radius 3 is 1.83 bits per heavy atom. The zero-order valence-electron chi connectivity index (χ0n) is 19.4. The summed E-state index contributed by atoms with van der Waals surface area (Å²) in [6.07, 6.45) is 0. The molecule has 2 heterocycles. The second kappa shape index (κ2) is 8.36. The topological polar surface area (TPSA) is 43.9 Å². The summed E-state index contributed by atoms with van der Waals surface area (Å²) in [7, 11) is 0. The van der Waals surface area contributed by atoms with Gasteiger partial charge in [0.2, 0.25) is 5.82 Å². The largest absolute Gasteiger partial charge is 0.334 e.